The lowest BCUT2D eigenvalue weighted by Gasteiger charge is -2.26. The third-order valence-corrected chi connectivity index (χ3v) is 4.23. The Labute approximate surface area is 116 Å². The van der Waals surface area contributed by atoms with Crippen molar-refractivity contribution in [2.75, 3.05) is 6.54 Å². The summed E-state index contributed by atoms with van der Waals surface area (Å²) in [5.41, 5.74) is -0.291. The fourth-order valence-electron chi connectivity index (χ4n) is 1.59. The molecule has 110 valence electrons. The van der Waals surface area contributed by atoms with E-state index in [4.69, 9.17) is 0 Å². The van der Waals surface area contributed by atoms with Crippen molar-refractivity contribution in [3.63, 3.8) is 0 Å². The average molecular weight is 294 g/mol. The number of nitrogens with zero attached hydrogens (tertiary/aromatic N) is 1. The molecule has 0 spiro atoms. The second-order valence-corrected chi connectivity index (χ2v) is 7.37. The van der Waals surface area contributed by atoms with Gasteiger partial charge in [0.15, 0.2) is 5.01 Å². The summed E-state index contributed by atoms with van der Waals surface area (Å²) in [6.07, 6.45) is -2.23. The maximum Gasteiger partial charge on any atom is 0.443 e. The van der Waals surface area contributed by atoms with Gasteiger partial charge in [0.1, 0.15) is 0 Å². The number of hydrogen-bond acceptors (Lipinski definition) is 3. The van der Waals surface area contributed by atoms with E-state index in [1.807, 2.05) is 13.8 Å². The molecule has 0 aliphatic heterocycles. The van der Waals surface area contributed by atoms with Gasteiger partial charge in [0.2, 0.25) is 0 Å². The van der Waals surface area contributed by atoms with Gasteiger partial charge in [0, 0.05) is 22.0 Å². The first-order chi connectivity index (χ1) is 8.42. The molecule has 1 heterocycles. The Morgan fingerprint density at radius 2 is 1.74 bits per heavy atom. The van der Waals surface area contributed by atoms with Crippen LogP contribution in [0.1, 0.15) is 50.9 Å². The van der Waals surface area contributed by atoms with Crippen LogP contribution in [-0.2, 0) is 11.6 Å². The van der Waals surface area contributed by atoms with Crippen molar-refractivity contribution in [1.29, 1.82) is 0 Å². The summed E-state index contributed by atoms with van der Waals surface area (Å²) in [6, 6.07) is 0. The number of halogens is 3. The van der Waals surface area contributed by atoms with Gasteiger partial charge < -0.3 is 5.32 Å². The second-order valence-electron chi connectivity index (χ2n) is 6.34. The van der Waals surface area contributed by atoms with Crippen molar-refractivity contribution in [3.8, 4) is 0 Å². The topological polar surface area (TPSA) is 24.9 Å². The Hall–Kier alpha value is -0.620. The highest BCUT2D eigenvalue weighted by Crippen LogP contribution is 2.37. The molecule has 2 nitrogen and oxygen atoms in total. The van der Waals surface area contributed by atoms with Crippen molar-refractivity contribution in [3.05, 3.63) is 16.1 Å². The lowest BCUT2D eigenvalue weighted by atomic mass is 9.88. The van der Waals surface area contributed by atoms with E-state index in [0.717, 1.165) is 24.3 Å². The fourth-order valence-corrected chi connectivity index (χ4v) is 2.50. The van der Waals surface area contributed by atoms with E-state index in [2.05, 4.69) is 31.1 Å². The van der Waals surface area contributed by atoms with Gasteiger partial charge in [-0.15, -0.1) is 11.3 Å². The zero-order valence-corrected chi connectivity index (χ0v) is 12.8. The number of nitrogens with one attached hydrogen (secondary N) is 1. The summed E-state index contributed by atoms with van der Waals surface area (Å²) in [5, 5.41) is 2.58. The molecule has 1 rings (SSSR count). The van der Waals surface area contributed by atoms with Gasteiger partial charge in [0.05, 0.1) is 0 Å². The van der Waals surface area contributed by atoms with Crippen molar-refractivity contribution in [2.45, 2.75) is 58.2 Å². The number of hydrogen-bond donors (Lipinski definition) is 1. The third kappa shape index (κ3) is 5.10. The van der Waals surface area contributed by atoms with Crippen LogP contribution >= 0.6 is 11.3 Å². The summed E-state index contributed by atoms with van der Waals surface area (Å²) >= 11 is 0.741. The minimum absolute atomic E-state index is 0.0148. The van der Waals surface area contributed by atoms with E-state index in [1.165, 1.54) is 6.20 Å². The molecule has 0 aromatic carbocycles. The molecule has 0 saturated carbocycles. The van der Waals surface area contributed by atoms with E-state index < -0.39 is 11.2 Å². The van der Waals surface area contributed by atoms with Gasteiger partial charge in [-0.2, -0.15) is 13.2 Å². The Bertz CT molecular complexity index is 416. The number of aromatic nitrogens is 1. The van der Waals surface area contributed by atoms with Crippen molar-refractivity contribution >= 4 is 11.3 Å². The molecule has 0 fully saturated rings. The van der Waals surface area contributed by atoms with E-state index in [1.54, 1.807) is 0 Å². The van der Waals surface area contributed by atoms with E-state index in [-0.39, 0.29) is 11.0 Å². The van der Waals surface area contributed by atoms with Gasteiger partial charge in [-0.3, -0.25) is 0 Å². The van der Waals surface area contributed by atoms with E-state index in [0.29, 0.717) is 4.88 Å². The standard InChI is InChI=1S/C13H21F3N2S/c1-11(2,3)18-7-6-12(4,5)9-8-17-10(19-9)13(14,15)16/h8,18H,6-7H2,1-5H3. The molecule has 0 aliphatic rings. The van der Waals surface area contributed by atoms with Gasteiger partial charge >= 0.3 is 6.18 Å². The molecule has 0 bridgehead atoms. The molecule has 0 radical (unpaired) electrons. The quantitative estimate of drug-likeness (QED) is 0.899. The van der Waals surface area contributed by atoms with Gasteiger partial charge in [0.25, 0.3) is 0 Å². The molecule has 6 heteroatoms. The molecule has 0 unspecified atom stereocenters. The summed E-state index contributed by atoms with van der Waals surface area (Å²) < 4.78 is 37.6. The molecular weight excluding hydrogens is 273 g/mol. The number of alkyl halides is 3. The molecule has 1 N–H and O–H groups in total. The van der Waals surface area contributed by atoms with Crippen molar-refractivity contribution < 1.29 is 13.2 Å². The molecule has 19 heavy (non-hydrogen) atoms. The molecule has 0 atom stereocenters. The highest BCUT2D eigenvalue weighted by Gasteiger charge is 2.36. The first kappa shape index (κ1) is 16.4. The van der Waals surface area contributed by atoms with Crippen LogP contribution in [0.4, 0.5) is 13.2 Å². The monoisotopic (exact) mass is 294 g/mol. The second kappa shape index (κ2) is 5.40. The zero-order valence-electron chi connectivity index (χ0n) is 12.0. The smallest absolute Gasteiger partial charge is 0.312 e. The van der Waals surface area contributed by atoms with Crippen LogP contribution in [0.2, 0.25) is 0 Å². The summed E-state index contributed by atoms with van der Waals surface area (Å²) in [4.78, 5) is 4.16. The predicted molar refractivity (Wildman–Crippen MR) is 72.5 cm³/mol. The zero-order chi connectivity index (χ0) is 14.9. The van der Waals surface area contributed by atoms with E-state index in [9.17, 15) is 13.2 Å². The molecule has 0 saturated heterocycles. The van der Waals surface area contributed by atoms with E-state index >= 15 is 0 Å². The van der Waals surface area contributed by atoms with Gasteiger partial charge in [-0.25, -0.2) is 4.98 Å². The molecular formula is C13H21F3N2S. The first-order valence-electron chi connectivity index (χ1n) is 6.20. The lowest BCUT2D eigenvalue weighted by Crippen LogP contribution is -2.38. The summed E-state index contributed by atoms with van der Waals surface area (Å²) in [7, 11) is 0. The number of thiazole rings is 1. The summed E-state index contributed by atoms with van der Waals surface area (Å²) in [5.74, 6) is 0. The van der Waals surface area contributed by atoms with Crippen LogP contribution < -0.4 is 5.32 Å². The largest absolute Gasteiger partial charge is 0.443 e. The fraction of sp³-hybridized carbons (Fsp3) is 0.769. The van der Waals surface area contributed by atoms with Crippen LogP contribution in [0.5, 0.6) is 0 Å². The molecule has 1 aromatic rings. The minimum atomic E-state index is -4.34. The van der Waals surface area contributed by atoms with Crippen LogP contribution in [0.3, 0.4) is 0 Å². The lowest BCUT2D eigenvalue weighted by molar-refractivity contribution is -0.137. The average Bonchev–Trinajstić information content (AvgIpc) is 2.62. The van der Waals surface area contributed by atoms with Crippen LogP contribution in [0.25, 0.3) is 0 Å². The third-order valence-electron chi connectivity index (χ3n) is 2.82. The highest BCUT2D eigenvalue weighted by atomic mass is 32.1. The Morgan fingerprint density at radius 1 is 1.16 bits per heavy atom. The SMILES string of the molecule is CC(C)(C)NCCC(C)(C)c1cnc(C(F)(F)F)s1. The van der Waals surface area contributed by atoms with Crippen LogP contribution in [-0.4, -0.2) is 17.1 Å². The predicted octanol–water partition coefficient (Wildman–Crippen LogP) is 4.22. The minimum Gasteiger partial charge on any atom is -0.312 e. The van der Waals surface area contributed by atoms with Crippen molar-refractivity contribution in [1.82, 2.24) is 10.3 Å². The molecule has 1 aromatic heterocycles. The maximum absolute atomic E-state index is 12.5. The first-order valence-corrected chi connectivity index (χ1v) is 7.02. The maximum atomic E-state index is 12.5. The summed E-state index contributed by atoms with van der Waals surface area (Å²) in [6.45, 7) is 10.9. The molecule has 0 aliphatic carbocycles. The Balaban J connectivity index is 2.69. The van der Waals surface area contributed by atoms with Crippen molar-refractivity contribution in [2.24, 2.45) is 0 Å². The van der Waals surface area contributed by atoms with Crippen LogP contribution in [0, 0.1) is 0 Å². The normalized spacial score (nSPS) is 13.9. The highest BCUT2D eigenvalue weighted by molar-refractivity contribution is 7.11. The number of rotatable bonds is 4. The Morgan fingerprint density at radius 3 is 2.16 bits per heavy atom. The van der Waals surface area contributed by atoms with Gasteiger partial charge in [-0.05, 0) is 33.7 Å². The van der Waals surface area contributed by atoms with Crippen LogP contribution in [0.15, 0.2) is 6.20 Å². The molecule has 0 amide bonds. The van der Waals surface area contributed by atoms with Gasteiger partial charge in [-0.1, -0.05) is 13.8 Å². The Kier molecular flexibility index (Phi) is 4.67.